The van der Waals surface area contributed by atoms with Crippen LogP contribution < -0.4 is 10.6 Å². The smallest absolute Gasteiger partial charge is 0.191 e. The number of hydrogen-bond acceptors (Lipinski definition) is 3. The maximum Gasteiger partial charge on any atom is 0.191 e. The number of aryl methyl sites for hydroxylation is 1. The van der Waals surface area contributed by atoms with Crippen LogP contribution >= 0.6 is 39.9 Å². The summed E-state index contributed by atoms with van der Waals surface area (Å²) in [6.45, 7) is 5.64. The van der Waals surface area contributed by atoms with Gasteiger partial charge in [-0.3, -0.25) is 4.99 Å². The van der Waals surface area contributed by atoms with Crippen LogP contribution in [0.25, 0.3) is 0 Å². The first-order valence-corrected chi connectivity index (χ1v) is 9.36. The topological polar surface area (TPSA) is 67.1 Å². The van der Waals surface area contributed by atoms with E-state index in [9.17, 15) is 0 Å². The Hall–Kier alpha value is -1.16. The Morgan fingerprint density at radius 3 is 2.65 bits per heavy atom. The molecule has 0 aliphatic rings. The molecule has 0 radical (unpaired) electrons. The number of nitrogens with one attached hydrogen (secondary N) is 2. The minimum Gasteiger partial charge on any atom is -0.356 e. The maximum atomic E-state index is 4.30. The maximum absolute atomic E-state index is 4.30. The zero-order valence-electron chi connectivity index (χ0n) is 15.8. The molecule has 0 bridgehead atoms. The van der Waals surface area contributed by atoms with Gasteiger partial charge in [-0.2, -0.15) is 0 Å². The van der Waals surface area contributed by atoms with Crippen LogP contribution in [-0.4, -0.2) is 34.3 Å². The summed E-state index contributed by atoms with van der Waals surface area (Å²) in [6, 6.07) is 8.51. The Balaban J connectivity index is 0.00000338. The summed E-state index contributed by atoms with van der Waals surface area (Å²) in [5.41, 5.74) is 1.35. The van der Waals surface area contributed by atoms with E-state index >= 15 is 0 Å². The van der Waals surface area contributed by atoms with E-state index in [1.54, 1.807) is 7.05 Å². The predicted molar refractivity (Wildman–Crippen MR) is 121 cm³/mol. The van der Waals surface area contributed by atoms with Crippen molar-refractivity contribution in [1.29, 1.82) is 0 Å². The Kier molecular flexibility index (Phi) is 10.1. The molecule has 0 saturated heterocycles. The van der Waals surface area contributed by atoms with Crippen molar-refractivity contribution in [2.24, 2.45) is 18.0 Å². The molecule has 26 heavy (non-hydrogen) atoms. The normalized spacial score (nSPS) is 12.4. The van der Waals surface area contributed by atoms with Crippen molar-refractivity contribution >= 4 is 45.9 Å². The van der Waals surface area contributed by atoms with Crippen LogP contribution in [0.5, 0.6) is 0 Å². The van der Waals surface area contributed by atoms with Gasteiger partial charge in [0.1, 0.15) is 5.82 Å². The van der Waals surface area contributed by atoms with Gasteiger partial charge in [0, 0.05) is 25.1 Å². The van der Waals surface area contributed by atoms with Crippen molar-refractivity contribution < 1.29 is 0 Å². The highest BCUT2D eigenvalue weighted by Crippen LogP contribution is 2.16. The molecule has 0 aliphatic carbocycles. The highest BCUT2D eigenvalue weighted by molar-refractivity contribution is 14.0. The van der Waals surface area contributed by atoms with E-state index in [2.05, 4.69) is 72.9 Å². The molecule has 1 aromatic heterocycles. The Labute approximate surface area is 181 Å². The molecule has 0 amide bonds. The Bertz CT molecular complexity index is 715. The number of aromatic nitrogens is 3. The van der Waals surface area contributed by atoms with E-state index in [0.717, 1.165) is 41.5 Å². The lowest BCUT2D eigenvalue weighted by Gasteiger charge is -2.18. The first-order valence-electron chi connectivity index (χ1n) is 8.57. The summed E-state index contributed by atoms with van der Waals surface area (Å²) in [4.78, 5) is 4.30. The van der Waals surface area contributed by atoms with E-state index < -0.39 is 0 Å². The van der Waals surface area contributed by atoms with E-state index in [-0.39, 0.29) is 24.0 Å². The molecule has 1 heterocycles. The molecule has 1 aromatic carbocycles. The first kappa shape index (κ1) is 22.9. The van der Waals surface area contributed by atoms with Crippen molar-refractivity contribution in [3.05, 3.63) is 46.0 Å². The zero-order valence-corrected chi connectivity index (χ0v) is 19.7. The average Bonchev–Trinajstić information content (AvgIpc) is 2.92. The van der Waals surface area contributed by atoms with Crippen LogP contribution in [0.3, 0.4) is 0 Å². The molecule has 0 fully saturated rings. The molecule has 0 spiro atoms. The number of halogens is 2. The fourth-order valence-electron chi connectivity index (χ4n) is 2.59. The number of guanidine groups is 1. The second-order valence-electron chi connectivity index (χ2n) is 6.14. The van der Waals surface area contributed by atoms with Gasteiger partial charge in [-0.05, 0) is 37.0 Å². The second kappa shape index (κ2) is 11.5. The molecular weight excluding hydrogens is 507 g/mol. The van der Waals surface area contributed by atoms with Crippen molar-refractivity contribution in [3.63, 3.8) is 0 Å². The fourth-order valence-corrected chi connectivity index (χ4v) is 3.03. The van der Waals surface area contributed by atoms with Crippen LogP contribution in [-0.2, 0) is 20.0 Å². The molecule has 8 heteroatoms. The second-order valence-corrected chi connectivity index (χ2v) is 7.05. The molecule has 2 aromatic rings. The lowest BCUT2D eigenvalue weighted by Crippen LogP contribution is -2.40. The number of hydrogen-bond donors (Lipinski definition) is 2. The molecule has 0 saturated carbocycles. The zero-order chi connectivity index (χ0) is 18.2. The van der Waals surface area contributed by atoms with Gasteiger partial charge in [0.15, 0.2) is 11.8 Å². The quantitative estimate of drug-likeness (QED) is 0.324. The molecule has 2 N–H and O–H groups in total. The number of aliphatic imine (C=N–C) groups is 1. The van der Waals surface area contributed by atoms with Gasteiger partial charge in [-0.1, -0.05) is 41.4 Å². The predicted octanol–water partition coefficient (Wildman–Crippen LogP) is 3.44. The molecule has 0 aliphatic heterocycles. The molecule has 1 atom stereocenters. The van der Waals surface area contributed by atoms with Gasteiger partial charge in [0.25, 0.3) is 0 Å². The van der Waals surface area contributed by atoms with Gasteiger partial charge in [-0.15, -0.1) is 34.2 Å². The van der Waals surface area contributed by atoms with Gasteiger partial charge >= 0.3 is 0 Å². The fraction of sp³-hybridized carbons (Fsp3) is 0.500. The molecule has 6 nitrogen and oxygen atoms in total. The van der Waals surface area contributed by atoms with Gasteiger partial charge in [-0.25, -0.2) is 0 Å². The summed E-state index contributed by atoms with van der Waals surface area (Å²) in [7, 11) is 3.75. The molecule has 2 rings (SSSR count). The van der Waals surface area contributed by atoms with Gasteiger partial charge in [0.2, 0.25) is 0 Å². The SMILES string of the molecule is CCC(CNC(=NC)NCc1nnc(C)n1C)Cc1cccc(Br)c1.I. The summed E-state index contributed by atoms with van der Waals surface area (Å²) in [5.74, 6) is 3.12. The van der Waals surface area contributed by atoms with E-state index in [1.807, 2.05) is 18.5 Å². The van der Waals surface area contributed by atoms with Crippen LogP contribution in [0.2, 0.25) is 0 Å². The third-order valence-electron chi connectivity index (χ3n) is 4.37. The van der Waals surface area contributed by atoms with Crippen molar-refractivity contribution in [1.82, 2.24) is 25.4 Å². The number of nitrogens with zero attached hydrogens (tertiary/aromatic N) is 4. The summed E-state index contributed by atoms with van der Waals surface area (Å²) < 4.78 is 3.10. The van der Waals surface area contributed by atoms with Crippen molar-refractivity contribution in [2.45, 2.75) is 33.2 Å². The summed E-state index contributed by atoms with van der Waals surface area (Å²) in [5, 5.41) is 15.0. The summed E-state index contributed by atoms with van der Waals surface area (Å²) >= 11 is 3.54. The van der Waals surface area contributed by atoms with Gasteiger partial charge < -0.3 is 15.2 Å². The van der Waals surface area contributed by atoms with E-state index in [1.165, 1.54) is 5.56 Å². The Morgan fingerprint density at radius 1 is 1.31 bits per heavy atom. The highest BCUT2D eigenvalue weighted by Gasteiger charge is 2.10. The summed E-state index contributed by atoms with van der Waals surface area (Å²) in [6.07, 6.45) is 2.15. The third-order valence-corrected chi connectivity index (χ3v) is 4.86. The van der Waals surface area contributed by atoms with Gasteiger partial charge in [0.05, 0.1) is 6.54 Å². The monoisotopic (exact) mass is 534 g/mol. The van der Waals surface area contributed by atoms with Crippen LogP contribution in [0.1, 0.15) is 30.6 Å². The molecular formula is C18H28BrIN6. The van der Waals surface area contributed by atoms with E-state index in [4.69, 9.17) is 0 Å². The standard InChI is InChI=1S/C18H27BrN6.HI/c1-5-14(9-15-7-6-8-16(19)10-15)11-21-18(20-3)22-12-17-24-23-13(2)25(17)4;/h6-8,10,14H,5,9,11-12H2,1-4H3,(H2,20,21,22);1H. The number of rotatable bonds is 7. The average molecular weight is 535 g/mol. The molecule has 144 valence electrons. The third kappa shape index (κ3) is 6.86. The minimum absolute atomic E-state index is 0. The van der Waals surface area contributed by atoms with Crippen LogP contribution in [0, 0.1) is 12.8 Å². The van der Waals surface area contributed by atoms with Crippen LogP contribution in [0.15, 0.2) is 33.7 Å². The first-order chi connectivity index (χ1) is 12.0. The van der Waals surface area contributed by atoms with Crippen molar-refractivity contribution in [2.75, 3.05) is 13.6 Å². The number of benzene rings is 1. The highest BCUT2D eigenvalue weighted by atomic mass is 127. The lowest BCUT2D eigenvalue weighted by molar-refractivity contribution is 0.493. The molecule has 1 unspecified atom stereocenters. The Morgan fingerprint density at radius 2 is 2.08 bits per heavy atom. The largest absolute Gasteiger partial charge is 0.356 e. The van der Waals surface area contributed by atoms with E-state index in [0.29, 0.717) is 12.5 Å². The van der Waals surface area contributed by atoms with Crippen LogP contribution in [0.4, 0.5) is 0 Å². The minimum atomic E-state index is 0. The van der Waals surface area contributed by atoms with Crippen molar-refractivity contribution in [3.8, 4) is 0 Å². The lowest BCUT2D eigenvalue weighted by atomic mass is 9.97.